The lowest BCUT2D eigenvalue weighted by Gasteiger charge is -2.17. The minimum Gasteiger partial charge on any atom is -0.304 e. The molecule has 0 aliphatic rings. The van der Waals surface area contributed by atoms with E-state index < -0.39 is 46.0 Å². The van der Waals surface area contributed by atoms with E-state index in [2.05, 4.69) is 0 Å². The lowest BCUT2D eigenvalue weighted by molar-refractivity contribution is -0.138. The van der Waals surface area contributed by atoms with E-state index in [0.29, 0.717) is 38.4 Å². The van der Waals surface area contributed by atoms with Gasteiger partial charge in [-0.25, -0.2) is 4.39 Å². The molecule has 0 aliphatic carbocycles. The monoisotopic (exact) mass is 769 g/mol. The summed E-state index contributed by atoms with van der Waals surface area (Å²) in [4.78, 5) is 25.1. The molecular weight excluding hydrogens is 746 g/mol. The molecule has 0 saturated heterocycles. The molecule has 53 heavy (non-hydrogen) atoms. The van der Waals surface area contributed by atoms with Crippen LogP contribution in [-0.2, 0) is 25.4 Å². The van der Waals surface area contributed by atoms with Crippen molar-refractivity contribution < 1.29 is 30.7 Å². The first kappa shape index (κ1) is 38.6. The Hall–Kier alpha value is -5.64. The summed E-state index contributed by atoms with van der Waals surface area (Å²) in [5.74, 6) is -0.533. The normalized spacial score (nSPS) is 11.4. The van der Waals surface area contributed by atoms with Crippen LogP contribution in [0.25, 0.3) is 22.5 Å². The van der Waals surface area contributed by atoms with Crippen molar-refractivity contribution in [2.24, 2.45) is 0 Å². The quantitative estimate of drug-likeness (QED) is 0.158. The van der Waals surface area contributed by atoms with Gasteiger partial charge in [0.1, 0.15) is 17.4 Å². The fourth-order valence-corrected chi connectivity index (χ4v) is 5.71. The highest BCUT2D eigenvalue weighted by Gasteiger charge is 2.36. The highest BCUT2D eigenvalue weighted by Crippen LogP contribution is 2.34. The molecule has 6 aromatic rings. The second-order valence-electron chi connectivity index (χ2n) is 11.5. The number of aromatic nitrogens is 2. The fraction of sp³-hybridized carbons (Fsp3) is 0.103. The molecule has 0 fully saturated rings. The Labute approximate surface area is 307 Å². The smallest absolute Gasteiger partial charge is 0.304 e. The molecule has 0 amide bonds. The Morgan fingerprint density at radius 3 is 1.70 bits per heavy atom. The molecule has 0 saturated carbocycles. The topological polar surface area (TPSA) is 67.8 Å². The Morgan fingerprint density at radius 2 is 1.17 bits per heavy atom. The number of nitriles is 1. The zero-order valence-corrected chi connectivity index (χ0v) is 28.5. The maximum absolute atomic E-state index is 13.5. The van der Waals surface area contributed by atoms with Crippen LogP contribution in [0.5, 0.6) is 0 Å². The summed E-state index contributed by atoms with van der Waals surface area (Å²) in [6.07, 6.45) is -9.46. The number of nitrogens with zero attached hydrogens (tertiary/aromatic N) is 3. The van der Waals surface area contributed by atoms with E-state index >= 15 is 0 Å². The van der Waals surface area contributed by atoms with Crippen LogP contribution in [0.15, 0.2) is 131 Å². The molecule has 5 nitrogen and oxygen atoms in total. The highest BCUT2D eigenvalue weighted by atomic mass is 35.5. The van der Waals surface area contributed by atoms with Gasteiger partial charge in [0.15, 0.2) is 0 Å². The van der Waals surface area contributed by atoms with Gasteiger partial charge in [0.05, 0.1) is 45.6 Å². The Kier molecular flexibility index (Phi) is 11.6. The summed E-state index contributed by atoms with van der Waals surface area (Å²) >= 11 is 11.9. The first-order valence-electron chi connectivity index (χ1n) is 15.4. The predicted octanol–water partition coefficient (Wildman–Crippen LogP) is 10.5. The van der Waals surface area contributed by atoms with Crippen molar-refractivity contribution >= 4 is 23.2 Å². The van der Waals surface area contributed by atoms with Gasteiger partial charge in [-0.05, 0) is 58.7 Å². The van der Waals surface area contributed by atoms with Gasteiger partial charge in [0, 0.05) is 6.07 Å². The Morgan fingerprint density at radius 1 is 0.604 bits per heavy atom. The summed E-state index contributed by atoms with van der Waals surface area (Å²) in [5, 5.41) is 9.81. The van der Waals surface area contributed by atoms with Gasteiger partial charge >= 0.3 is 12.4 Å². The first-order chi connectivity index (χ1) is 25.1. The molecule has 4 aromatic carbocycles. The number of hydrogen-bond acceptors (Lipinski definition) is 3. The summed E-state index contributed by atoms with van der Waals surface area (Å²) in [7, 11) is 0. The third-order valence-corrected chi connectivity index (χ3v) is 8.61. The van der Waals surface area contributed by atoms with Crippen molar-refractivity contribution in [1.82, 2.24) is 9.13 Å². The second-order valence-corrected chi connectivity index (χ2v) is 12.3. The minimum atomic E-state index is -4.86. The third-order valence-electron chi connectivity index (χ3n) is 7.87. The molecule has 0 aliphatic heterocycles. The summed E-state index contributed by atoms with van der Waals surface area (Å²) in [5.41, 5.74) is -2.98. The van der Waals surface area contributed by atoms with E-state index in [-0.39, 0.29) is 24.5 Å². The molecule has 0 atom stereocenters. The van der Waals surface area contributed by atoms with Gasteiger partial charge in [0.2, 0.25) is 0 Å². The molecule has 0 unspecified atom stereocenters. The SMILES string of the molecule is N#Cc1c(C(F)(F)F)cc(-c2ccccc2)n(Cc2cccc(F)c2)c1=O.O=c1cc(C(F)(F)F)cc(-c2ccccc2)n1Cc1ccc(Cl)c(Cl)c1. The second kappa shape index (κ2) is 15.9. The predicted molar refractivity (Wildman–Crippen MR) is 188 cm³/mol. The molecule has 0 bridgehead atoms. The number of alkyl halides is 6. The number of hydrogen-bond donors (Lipinski definition) is 0. The van der Waals surface area contributed by atoms with Gasteiger partial charge < -0.3 is 9.13 Å². The third kappa shape index (κ3) is 9.24. The summed E-state index contributed by atoms with van der Waals surface area (Å²) in [6.45, 7) is -0.105. The molecule has 6 rings (SSSR count). The molecular formula is C39H24Cl2F7N3O2. The maximum Gasteiger partial charge on any atom is 0.417 e. The molecule has 2 heterocycles. The molecule has 0 N–H and O–H groups in total. The molecule has 270 valence electrons. The van der Waals surface area contributed by atoms with Gasteiger partial charge in [-0.15, -0.1) is 0 Å². The number of halogens is 9. The van der Waals surface area contributed by atoms with Gasteiger partial charge in [-0.1, -0.05) is 102 Å². The van der Waals surface area contributed by atoms with Crippen LogP contribution in [0.4, 0.5) is 30.7 Å². The van der Waals surface area contributed by atoms with Crippen molar-refractivity contribution in [1.29, 1.82) is 5.26 Å². The van der Waals surface area contributed by atoms with Crippen LogP contribution >= 0.6 is 23.2 Å². The number of rotatable bonds is 6. The van der Waals surface area contributed by atoms with E-state index in [1.807, 2.05) is 0 Å². The van der Waals surface area contributed by atoms with Crippen LogP contribution in [-0.4, -0.2) is 9.13 Å². The maximum atomic E-state index is 13.5. The van der Waals surface area contributed by atoms with Crippen LogP contribution in [0, 0.1) is 17.1 Å². The molecule has 0 radical (unpaired) electrons. The fourth-order valence-electron chi connectivity index (χ4n) is 5.39. The average molecular weight is 771 g/mol. The van der Waals surface area contributed by atoms with Crippen molar-refractivity contribution in [2.45, 2.75) is 25.4 Å². The highest BCUT2D eigenvalue weighted by molar-refractivity contribution is 6.42. The summed E-state index contributed by atoms with van der Waals surface area (Å²) in [6, 6.07) is 30.5. The van der Waals surface area contributed by atoms with E-state index in [4.69, 9.17) is 28.5 Å². The van der Waals surface area contributed by atoms with Crippen LogP contribution in [0.1, 0.15) is 27.8 Å². The molecule has 2 aromatic heterocycles. The Bertz CT molecular complexity index is 2420. The minimum absolute atomic E-state index is 0.00353. The van der Waals surface area contributed by atoms with Gasteiger partial charge in [-0.2, -0.15) is 31.6 Å². The van der Waals surface area contributed by atoms with Gasteiger partial charge in [-0.3, -0.25) is 9.59 Å². The lowest BCUT2D eigenvalue weighted by atomic mass is 10.0. The average Bonchev–Trinajstić information content (AvgIpc) is 3.11. The molecule has 14 heteroatoms. The van der Waals surface area contributed by atoms with Gasteiger partial charge in [0.25, 0.3) is 11.1 Å². The van der Waals surface area contributed by atoms with E-state index in [9.17, 15) is 40.3 Å². The van der Waals surface area contributed by atoms with Crippen LogP contribution in [0.3, 0.4) is 0 Å². The van der Waals surface area contributed by atoms with E-state index in [0.717, 1.165) is 16.7 Å². The number of pyridine rings is 2. The molecule has 0 spiro atoms. The van der Waals surface area contributed by atoms with Crippen molar-refractivity contribution in [3.63, 3.8) is 0 Å². The van der Waals surface area contributed by atoms with Crippen LogP contribution < -0.4 is 11.1 Å². The first-order valence-corrected chi connectivity index (χ1v) is 16.2. The van der Waals surface area contributed by atoms with Crippen molar-refractivity contribution in [3.05, 3.63) is 186 Å². The largest absolute Gasteiger partial charge is 0.417 e. The van der Waals surface area contributed by atoms with E-state index in [1.165, 1.54) is 28.8 Å². The Balaban J connectivity index is 0.000000204. The van der Waals surface area contributed by atoms with Crippen molar-refractivity contribution in [2.75, 3.05) is 0 Å². The summed E-state index contributed by atoms with van der Waals surface area (Å²) < 4.78 is 95.3. The number of benzene rings is 4. The zero-order valence-electron chi connectivity index (χ0n) is 27.0. The standard InChI is InChI=1S/C20H12F4N2O.C19H12Cl2F3NO/c21-15-8-4-5-13(9-15)12-26-18(14-6-2-1-3-7-14)10-17(20(22,23)24)16(11-25)19(26)27;20-15-7-6-12(8-16(15)21)11-25-17(13-4-2-1-3-5-13)9-14(10-18(25)26)19(22,23)24/h1-10H,12H2;1-10H,11H2. The zero-order chi connectivity index (χ0) is 38.5. The van der Waals surface area contributed by atoms with Crippen LogP contribution in [0.2, 0.25) is 10.0 Å². The van der Waals surface area contributed by atoms with E-state index in [1.54, 1.807) is 84.9 Å². The van der Waals surface area contributed by atoms with Crippen molar-refractivity contribution in [3.8, 4) is 28.6 Å². The lowest BCUT2D eigenvalue weighted by Crippen LogP contribution is -2.28.